The van der Waals surface area contributed by atoms with E-state index < -0.39 is 4.30 Å². The standard InChI is InChI=1S/C12H10Se2.C7H4N2O.C7H6N2.CHCl3.H2O2/c1-3-7-11(8-4-1)13-14-12-9-5-2-6-10-12;8-5-6-1-3-7(9-10)4-2-6;8-5-6-1-3-7(9)4-2-6;2-1(3)4;1-2/h1-10H;1-4H;1-4H,9H2;1H;1-2H. The first-order valence-corrected chi connectivity index (χ1v) is 17.9. The maximum atomic E-state index is 9.87. The summed E-state index contributed by atoms with van der Waals surface area (Å²) in [5, 5.41) is 31.4. The molecular formula is C27H23Cl3N4O3Se2. The number of halogens is 3. The SMILES string of the molecule is ClC(Cl)Cl.N#Cc1ccc(N)cc1.N#Cc1ccc(N=O)cc1.OO.c1ccc([Se][Se]c2ccccc2)cc1. The Bertz CT molecular complexity index is 1210. The first kappa shape index (κ1) is 36.1. The molecule has 0 aliphatic rings. The molecule has 0 atom stereocenters. The molecule has 7 nitrogen and oxygen atoms in total. The topological polar surface area (TPSA) is 143 Å². The molecule has 0 spiro atoms. The zero-order valence-corrected chi connectivity index (χ0v) is 25.8. The van der Waals surface area contributed by atoms with Crippen LogP contribution in [0.5, 0.6) is 0 Å². The molecule has 0 saturated heterocycles. The second-order valence-electron chi connectivity index (χ2n) is 6.52. The van der Waals surface area contributed by atoms with Crippen LogP contribution in [0, 0.1) is 27.6 Å². The predicted molar refractivity (Wildman–Crippen MR) is 162 cm³/mol. The first-order chi connectivity index (χ1) is 18.9. The molecule has 4 N–H and O–H groups in total. The van der Waals surface area contributed by atoms with Gasteiger partial charge in [-0.1, -0.05) is 34.8 Å². The molecule has 0 heterocycles. The molecule has 12 heteroatoms. The van der Waals surface area contributed by atoms with Crippen molar-refractivity contribution in [1.29, 1.82) is 10.5 Å². The van der Waals surface area contributed by atoms with E-state index in [1.54, 1.807) is 36.4 Å². The van der Waals surface area contributed by atoms with E-state index in [9.17, 15) is 4.91 Å². The van der Waals surface area contributed by atoms with Crippen LogP contribution in [0.3, 0.4) is 0 Å². The van der Waals surface area contributed by atoms with Crippen molar-refractivity contribution in [2.24, 2.45) is 5.18 Å². The Kier molecular flexibility index (Phi) is 22.3. The second kappa shape index (κ2) is 24.2. The van der Waals surface area contributed by atoms with E-state index >= 15 is 0 Å². The predicted octanol–water partition coefficient (Wildman–Crippen LogP) is 6.06. The van der Waals surface area contributed by atoms with Crippen molar-refractivity contribution in [2.45, 2.75) is 4.30 Å². The van der Waals surface area contributed by atoms with E-state index in [1.807, 2.05) is 12.1 Å². The van der Waals surface area contributed by atoms with Crippen molar-refractivity contribution in [3.8, 4) is 12.1 Å². The Morgan fingerprint density at radius 3 is 1.31 bits per heavy atom. The van der Waals surface area contributed by atoms with Gasteiger partial charge in [-0.15, -0.1) is 4.91 Å². The number of hydrogen-bond acceptors (Lipinski definition) is 7. The van der Waals surface area contributed by atoms with Crippen LogP contribution in [-0.2, 0) is 0 Å². The van der Waals surface area contributed by atoms with Crippen molar-refractivity contribution in [3.63, 3.8) is 0 Å². The van der Waals surface area contributed by atoms with E-state index in [4.69, 9.17) is 61.6 Å². The van der Waals surface area contributed by atoms with E-state index in [1.165, 1.54) is 21.1 Å². The van der Waals surface area contributed by atoms with Gasteiger partial charge < -0.3 is 5.73 Å². The second-order valence-corrected chi connectivity index (χ2v) is 14.8. The van der Waals surface area contributed by atoms with Crippen LogP contribution in [-0.4, -0.2) is 41.1 Å². The summed E-state index contributed by atoms with van der Waals surface area (Å²) >= 11 is 15.7. The van der Waals surface area contributed by atoms with E-state index in [2.05, 4.69) is 65.8 Å². The fraction of sp³-hybridized carbons (Fsp3) is 0.0370. The molecule has 39 heavy (non-hydrogen) atoms. The van der Waals surface area contributed by atoms with Gasteiger partial charge in [-0.3, -0.25) is 10.5 Å². The third kappa shape index (κ3) is 19.8. The van der Waals surface area contributed by atoms with Gasteiger partial charge in [0, 0.05) is 5.69 Å². The summed E-state index contributed by atoms with van der Waals surface area (Å²) in [5.74, 6) is 0. The molecule has 4 aromatic rings. The van der Waals surface area contributed by atoms with Gasteiger partial charge in [0.05, 0.1) is 23.3 Å². The molecule has 0 aliphatic heterocycles. The molecule has 0 bridgehead atoms. The first-order valence-electron chi connectivity index (χ1n) is 10.5. The van der Waals surface area contributed by atoms with Crippen molar-refractivity contribution in [3.05, 3.63) is 125 Å². The summed E-state index contributed by atoms with van der Waals surface area (Å²) in [6.45, 7) is 0. The van der Waals surface area contributed by atoms with Gasteiger partial charge in [0.2, 0.25) is 0 Å². The number of hydrogen-bond donors (Lipinski definition) is 3. The molecule has 0 fully saturated rings. The Morgan fingerprint density at radius 2 is 1.00 bits per heavy atom. The number of nitrogens with zero attached hydrogens (tertiary/aromatic N) is 3. The van der Waals surface area contributed by atoms with Gasteiger partial charge in [0.1, 0.15) is 5.69 Å². The Hall–Kier alpha value is -2.91. The zero-order chi connectivity index (χ0) is 29.3. The third-order valence-corrected chi connectivity index (χ3v) is 11.1. The summed E-state index contributed by atoms with van der Waals surface area (Å²) in [6.07, 6.45) is 0. The number of anilines is 1. The van der Waals surface area contributed by atoms with Gasteiger partial charge in [0.25, 0.3) is 0 Å². The Morgan fingerprint density at radius 1 is 0.667 bits per heavy atom. The van der Waals surface area contributed by atoms with Crippen LogP contribution < -0.4 is 14.7 Å². The summed E-state index contributed by atoms with van der Waals surface area (Å²) < 4.78 is 2.26. The van der Waals surface area contributed by atoms with Crippen LogP contribution >= 0.6 is 34.8 Å². The minimum atomic E-state index is -0.750. The molecule has 0 radical (unpaired) electrons. The molecular weight excluding hydrogens is 693 g/mol. The molecule has 4 rings (SSSR count). The normalized spacial score (nSPS) is 8.72. The Labute approximate surface area is 253 Å². The summed E-state index contributed by atoms with van der Waals surface area (Å²) in [7, 11) is 0. The van der Waals surface area contributed by atoms with Crippen molar-refractivity contribution in [2.75, 3.05) is 5.73 Å². The van der Waals surface area contributed by atoms with E-state index in [0.717, 1.165) is 0 Å². The summed E-state index contributed by atoms with van der Waals surface area (Å²) in [5.41, 5.74) is 7.58. The van der Waals surface area contributed by atoms with Gasteiger partial charge >= 0.3 is 95.9 Å². The van der Waals surface area contributed by atoms with E-state index in [-0.39, 0.29) is 0 Å². The van der Waals surface area contributed by atoms with Crippen LogP contribution in [0.15, 0.2) is 114 Å². The quantitative estimate of drug-likeness (QED) is 0.0586. The molecule has 4 aromatic carbocycles. The van der Waals surface area contributed by atoms with Crippen LogP contribution in [0.25, 0.3) is 0 Å². The average molecular weight is 716 g/mol. The van der Waals surface area contributed by atoms with Crippen LogP contribution in [0.2, 0.25) is 0 Å². The van der Waals surface area contributed by atoms with Crippen molar-refractivity contribution >= 4 is 81.4 Å². The van der Waals surface area contributed by atoms with Gasteiger partial charge in [0.15, 0.2) is 4.30 Å². The maximum absolute atomic E-state index is 9.87. The number of nitroso groups, excluding NO2 is 1. The molecule has 0 amide bonds. The molecule has 0 aliphatic carbocycles. The van der Waals surface area contributed by atoms with Crippen LogP contribution in [0.1, 0.15) is 11.1 Å². The van der Waals surface area contributed by atoms with Crippen LogP contribution in [0.4, 0.5) is 11.4 Å². The zero-order valence-electron chi connectivity index (χ0n) is 20.1. The summed E-state index contributed by atoms with van der Waals surface area (Å²) in [4.78, 5) is 9.87. The third-order valence-electron chi connectivity index (χ3n) is 3.86. The fourth-order valence-corrected chi connectivity index (χ4v) is 8.25. The van der Waals surface area contributed by atoms with Gasteiger partial charge in [-0.25, -0.2) is 0 Å². The number of nitriles is 2. The fourth-order valence-electron chi connectivity index (χ4n) is 2.20. The molecule has 0 saturated carbocycles. The average Bonchev–Trinajstić information content (AvgIpc) is 2.99. The number of benzene rings is 4. The van der Waals surface area contributed by atoms with Gasteiger partial charge in [-0.2, -0.15) is 10.5 Å². The number of alkyl halides is 3. The number of nitrogens with two attached hydrogens (primary N) is 1. The minimum absolute atomic E-state index is 0.346. The van der Waals surface area contributed by atoms with E-state index in [0.29, 0.717) is 48.8 Å². The number of rotatable bonds is 4. The van der Waals surface area contributed by atoms with Crippen molar-refractivity contribution < 1.29 is 10.5 Å². The molecule has 202 valence electrons. The number of nitrogen functional groups attached to an aromatic ring is 1. The summed E-state index contributed by atoms with van der Waals surface area (Å²) in [6, 6.07) is 38.4. The monoisotopic (exact) mass is 716 g/mol. The molecule has 0 aromatic heterocycles. The molecule has 0 unspecified atom stereocenters. The Balaban J connectivity index is 0.000000516. The van der Waals surface area contributed by atoms with Crippen molar-refractivity contribution in [1.82, 2.24) is 0 Å². The van der Waals surface area contributed by atoms with Gasteiger partial charge in [-0.05, 0) is 53.7 Å².